The molecule has 1 aliphatic heterocycles. The van der Waals surface area contributed by atoms with Crippen LogP contribution in [0.4, 0.5) is 11.6 Å². The molecule has 1 fully saturated rings. The smallest absolute Gasteiger partial charge is 0.275 e. The number of likely N-dealkylation sites (N-methyl/N-ethyl adjacent to an activating group) is 1. The number of nitrogens with zero attached hydrogens (tertiary/aromatic N) is 5. The Morgan fingerprint density at radius 1 is 1.11 bits per heavy atom. The van der Waals surface area contributed by atoms with E-state index in [0.29, 0.717) is 16.5 Å². The van der Waals surface area contributed by atoms with Crippen LogP contribution in [0.5, 0.6) is 0 Å². The molecule has 1 amide bonds. The van der Waals surface area contributed by atoms with Gasteiger partial charge in [-0.3, -0.25) is 9.20 Å². The minimum absolute atomic E-state index is 0.268. The first-order chi connectivity index (χ1) is 13.0. The van der Waals surface area contributed by atoms with Gasteiger partial charge in [0.25, 0.3) is 5.91 Å². The number of fused-ring (bicyclic) bond motifs is 1. The molecule has 140 valence electrons. The molecule has 0 unspecified atom stereocenters. The van der Waals surface area contributed by atoms with Crippen molar-refractivity contribution < 1.29 is 4.79 Å². The van der Waals surface area contributed by atoms with Crippen molar-refractivity contribution in [1.82, 2.24) is 19.3 Å². The molecule has 0 aliphatic carbocycles. The lowest BCUT2D eigenvalue weighted by Gasteiger charge is -2.33. The van der Waals surface area contributed by atoms with Crippen molar-refractivity contribution in [3.05, 3.63) is 52.9 Å². The highest BCUT2D eigenvalue weighted by atomic mass is 35.5. The molecule has 27 heavy (non-hydrogen) atoms. The van der Waals surface area contributed by atoms with Gasteiger partial charge in [-0.2, -0.15) is 0 Å². The zero-order chi connectivity index (χ0) is 19.0. The average Bonchev–Trinajstić information content (AvgIpc) is 2.97. The quantitative estimate of drug-likeness (QED) is 0.752. The number of carbonyl (C=O) groups is 1. The number of aryl methyl sites for hydroxylation is 1. The summed E-state index contributed by atoms with van der Waals surface area (Å²) in [5.74, 6) is 1.16. The second-order valence-electron chi connectivity index (χ2n) is 6.75. The third-order valence-corrected chi connectivity index (χ3v) is 5.01. The highest BCUT2D eigenvalue weighted by Crippen LogP contribution is 2.21. The summed E-state index contributed by atoms with van der Waals surface area (Å²) in [4.78, 5) is 26.3. The van der Waals surface area contributed by atoms with E-state index in [1.54, 1.807) is 22.7 Å². The predicted molar refractivity (Wildman–Crippen MR) is 107 cm³/mol. The van der Waals surface area contributed by atoms with Gasteiger partial charge < -0.3 is 15.1 Å². The van der Waals surface area contributed by atoms with E-state index in [1.807, 2.05) is 25.1 Å². The number of aromatic nitrogens is 3. The number of anilines is 2. The summed E-state index contributed by atoms with van der Waals surface area (Å²) in [5, 5.41) is 3.50. The maximum absolute atomic E-state index is 12.8. The monoisotopic (exact) mass is 384 g/mol. The van der Waals surface area contributed by atoms with E-state index in [4.69, 9.17) is 11.6 Å². The fourth-order valence-corrected chi connectivity index (χ4v) is 3.38. The Bertz CT molecular complexity index is 993. The standard InChI is InChI=1S/C19H21ClN6O/c1-13-18(26-12-14(20)6-7-17(26)21-13)23-19(27)15-4-3-5-16(22-15)25-10-8-24(2)9-11-25/h3-7,12H,8-11H2,1-2H3,(H,23,27). The van der Waals surface area contributed by atoms with Crippen molar-refractivity contribution in [1.29, 1.82) is 0 Å². The molecule has 0 bridgehead atoms. The molecule has 0 aromatic carbocycles. The summed E-state index contributed by atoms with van der Waals surface area (Å²) < 4.78 is 1.78. The van der Waals surface area contributed by atoms with Gasteiger partial charge in [-0.25, -0.2) is 9.97 Å². The molecule has 0 spiro atoms. The van der Waals surface area contributed by atoms with E-state index in [1.165, 1.54) is 0 Å². The number of pyridine rings is 2. The number of hydrogen-bond acceptors (Lipinski definition) is 5. The van der Waals surface area contributed by atoms with Crippen molar-refractivity contribution >= 4 is 34.8 Å². The minimum Gasteiger partial charge on any atom is -0.354 e. The Balaban J connectivity index is 1.58. The molecule has 0 radical (unpaired) electrons. The van der Waals surface area contributed by atoms with Crippen LogP contribution in [0.15, 0.2) is 36.5 Å². The Morgan fingerprint density at radius 2 is 1.89 bits per heavy atom. The van der Waals surface area contributed by atoms with E-state index in [0.717, 1.165) is 43.3 Å². The van der Waals surface area contributed by atoms with Crippen molar-refractivity contribution in [3.63, 3.8) is 0 Å². The van der Waals surface area contributed by atoms with Gasteiger partial charge in [0.2, 0.25) is 0 Å². The predicted octanol–water partition coefficient (Wildman–Crippen LogP) is 2.70. The van der Waals surface area contributed by atoms with Crippen LogP contribution in [-0.2, 0) is 0 Å². The van der Waals surface area contributed by atoms with Crippen LogP contribution in [0.25, 0.3) is 5.65 Å². The topological polar surface area (TPSA) is 65.8 Å². The van der Waals surface area contributed by atoms with Gasteiger partial charge >= 0.3 is 0 Å². The molecule has 1 saturated heterocycles. The summed E-state index contributed by atoms with van der Waals surface area (Å²) in [6.45, 7) is 5.63. The summed E-state index contributed by atoms with van der Waals surface area (Å²) in [7, 11) is 2.11. The van der Waals surface area contributed by atoms with Crippen LogP contribution in [-0.4, -0.2) is 58.4 Å². The number of rotatable bonds is 3. The first-order valence-electron chi connectivity index (χ1n) is 8.87. The van der Waals surface area contributed by atoms with Crippen molar-refractivity contribution in [2.24, 2.45) is 0 Å². The van der Waals surface area contributed by atoms with Crippen molar-refractivity contribution in [2.45, 2.75) is 6.92 Å². The number of imidazole rings is 1. The first kappa shape index (κ1) is 17.8. The van der Waals surface area contributed by atoms with Crippen LogP contribution in [0.1, 0.15) is 16.2 Å². The Kier molecular flexibility index (Phi) is 4.72. The largest absolute Gasteiger partial charge is 0.354 e. The molecule has 4 heterocycles. The summed E-state index contributed by atoms with van der Waals surface area (Å²) in [6, 6.07) is 9.13. The normalized spacial score (nSPS) is 15.3. The van der Waals surface area contributed by atoms with Gasteiger partial charge in [0.15, 0.2) is 0 Å². The summed E-state index contributed by atoms with van der Waals surface area (Å²) in [6.07, 6.45) is 1.74. The highest BCUT2D eigenvalue weighted by Gasteiger charge is 2.18. The molecular formula is C19H21ClN6O. The second-order valence-corrected chi connectivity index (χ2v) is 7.18. The Morgan fingerprint density at radius 3 is 2.67 bits per heavy atom. The number of nitrogens with one attached hydrogen (secondary N) is 1. The minimum atomic E-state index is -0.268. The van der Waals surface area contributed by atoms with Gasteiger partial charge in [0.1, 0.15) is 23.0 Å². The molecular weight excluding hydrogens is 364 g/mol. The number of hydrogen-bond donors (Lipinski definition) is 1. The van der Waals surface area contributed by atoms with E-state index in [9.17, 15) is 4.79 Å². The highest BCUT2D eigenvalue weighted by molar-refractivity contribution is 6.30. The SMILES string of the molecule is Cc1nc2ccc(Cl)cn2c1NC(=O)c1cccc(N2CCN(C)CC2)n1. The molecule has 3 aromatic rings. The molecule has 4 rings (SSSR count). The molecule has 3 aromatic heterocycles. The number of carbonyl (C=O) groups excluding carboxylic acids is 1. The molecule has 8 heteroatoms. The second kappa shape index (κ2) is 7.17. The number of halogens is 1. The van der Waals surface area contributed by atoms with E-state index >= 15 is 0 Å². The zero-order valence-corrected chi connectivity index (χ0v) is 16.1. The van der Waals surface area contributed by atoms with Gasteiger partial charge in [-0.1, -0.05) is 17.7 Å². The molecule has 1 N–H and O–H groups in total. The van der Waals surface area contributed by atoms with E-state index in [2.05, 4.69) is 32.1 Å². The lowest BCUT2D eigenvalue weighted by atomic mass is 10.3. The van der Waals surface area contributed by atoms with E-state index in [-0.39, 0.29) is 5.91 Å². The maximum atomic E-state index is 12.8. The van der Waals surface area contributed by atoms with Gasteiger partial charge in [-0.15, -0.1) is 0 Å². The van der Waals surface area contributed by atoms with Crippen LogP contribution in [0, 0.1) is 6.92 Å². The lowest BCUT2D eigenvalue weighted by molar-refractivity contribution is 0.102. The molecule has 7 nitrogen and oxygen atoms in total. The third kappa shape index (κ3) is 3.61. The molecule has 0 atom stereocenters. The zero-order valence-electron chi connectivity index (χ0n) is 15.3. The third-order valence-electron chi connectivity index (χ3n) is 4.78. The summed E-state index contributed by atoms with van der Waals surface area (Å²) in [5.41, 5.74) is 1.83. The van der Waals surface area contributed by atoms with Crippen LogP contribution < -0.4 is 10.2 Å². The maximum Gasteiger partial charge on any atom is 0.275 e. The number of piperazine rings is 1. The van der Waals surface area contributed by atoms with Gasteiger partial charge in [0, 0.05) is 32.4 Å². The van der Waals surface area contributed by atoms with Crippen LogP contribution in [0.2, 0.25) is 5.02 Å². The van der Waals surface area contributed by atoms with Gasteiger partial charge in [-0.05, 0) is 38.2 Å². The van der Waals surface area contributed by atoms with Crippen molar-refractivity contribution in [2.75, 3.05) is 43.4 Å². The van der Waals surface area contributed by atoms with E-state index < -0.39 is 0 Å². The number of amides is 1. The van der Waals surface area contributed by atoms with Crippen LogP contribution >= 0.6 is 11.6 Å². The first-order valence-corrected chi connectivity index (χ1v) is 9.25. The molecule has 0 saturated carbocycles. The summed E-state index contributed by atoms with van der Waals surface area (Å²) >= 11 is 6.09. The Hall–Kier alpha value is -2.64. The van der Waals surface area contributed by atoms with Crippen LogP contribution in [0.3, 0.4) is 0 Å². The van der Waals surface area contributed by atoms with Gasteiger partial charge in [0.05, 0.1) is 10.7 Å². The fraction of sp³-hybridized carbons (Fsp3) is 0.316. The van der Waals surface area contributed by atoms with Crippen molar-refractivity contribution in [3.8, 4) is 0 Å². The average molecular weight is 385 g/mol. The fourth-order valence-electron chi connectivity index (χ4n) is 3.22. The Labute approximate surface area is 162 Å². The molecule has 1 aliphatic rings. The lowest BCUT2D eigenvalue weighted by Crippen LogP contribution is -2.44.